The van der Waals surface area contributed by atoms with Crippen molar-refractivity contribution < 1.29 is 9.53 Å². The molecule has 25 heavy (non-hydrogen) atoms. The van der Waals surface area contributed by atoms with E-state index in [0.717, 1.165) is 28.9 Å². The first-order valence-electron chi connectivity index (χ1n) is 8.72. The van der Waals surface area contributed by atoms with Crippen molar-refractivity contribution in [2.24, 2.45) is 0 Å². The largest absolute Gasteiger partial charge is 0.372 e. The summed E-state index contributed by atoms with van der Waals surface area (Å²) in [5, 5.41) is 3.06. The molecule has 0 aliphatic carbocycles. The fourth-order valence-corrected chi connectivity index (χ4v) is 3.16. The summed E-state index contributed by atoms with van der Waals surface area (Å²) in [4.78, 5) is 18.8. The van der Waals surface area contributed by atoms with Gasteiger partial charge in [-0.3, -0.25) is 4.98 Å². The lowest BCUT2D eigenvalue weighted by Crippen LogP contribution is -2.49. The number of aryl methyl sites for hydroxylation is 1. The van der Waals surface area contributed by atoms with Crippen LogP contribution in [0.4, 0.5) is 10.5 Å². The van der Waals surface area contributed by atoms with Gasteiger partial charge in [-0.1, -0.05) is 18.2 Å². The lowest BCUT2D eigenvalue weighted by molar-refractivity contribution is -0.0530. The van der Waals surface area contributed by atoms with Gasteiger partial charge in [0.25, 0.3) is 0 Å². The third-order valence-electron chi connectivity index (χ3n) is 4.36. The summed E-state index contributed by atoms with van der Waals surface area (Å²) in [6, 6.07) is 12.0. The average Bonchev–Trinajstić information content (AvgIpc) is 2.58. The van der Waals surface area contributed by atoms with Gasteiger partial charge in [0, 0.05) is 37.1 Å². The molecule has 132 valence electrons. The van der Waals surface area contributed by atoms with Gasteiger partial charge in [0.15, 0.2) is 0 Å². The van der Waals surface area contributed by atoms with Gasteiger partial charge in [-0.05, 0) is 50.1 Å². The van der Waals surface area contributed by atoms with Crippen molar-refractivity contribution in [2.45, 2.75) is 39.4 Å². The van der Waals surface area contributed by atoms with Gasteiger partial charge in [-0.15, -0.1) is 0 Å². The van der Waals surface area contributed by atoms with Crippen molar-refractivity contribution in [3.63, 3.8) is 0 Å². The molecule has 0 radical (unpaired) electrons. The van der Waals surface area contributed by atoms with E-state index in [2.05, 4.69) is 16.4 Å². The van der Waals surface area contributed by atoms with E-state index in [1.165, 1.54) is 0 Å². The molecule has 1 aromatic heterocycles. The number of benzene rings is 1. The first-order chi connectivity index (χ1) is 12.0. The monoisotopic (exact) mass is 339 g/mol. The minimum absolute atomic E-state index is 0.0612. The molecule has 2 heterocycles. The number of carbonyl (C=O) groups is 1. The van der Waals surface area contributed by atoms with E-state index in [1.807, 2.05) is 56.0 Å². The van der Waals surface area contributed by atoms with E-state index in [-0.39, 0.29) is 18.2 Å². The van der Waals surface area contributed by atoms with Crippen LogP contribution in [-0.2, 0) is 11.2 Å². The van der Waals surface area contributed by atoms with E-state index >= 15 is 0 Å². The maximum atomic E-state index is 12.6. The number of morpholine rings is 1. The number of rotatable bonds is 3. The Kier molecular flexibility index (Phi) is 5.34. The number of pyridine rings is 1. The number of anilines is 1. The van der Waals surface area contributed by atoms with Gasteiger partial charge < -0.3 is 15.0 Å². The van der Waals surface area contributed by atoms with E-state index in [0.29, 0.717) is 13.1 Å². The molecule has 0 spiro atoms. The Morgan fingerprint density at radius 3 is 2.68 bits per heavy atom. The number of nitrogens with one attached hydrogen (secondary N) is 1. The number of nitrogens with zero attached hydrogens (tertiary/aromatic N) is 2. The maximum absolute atomic E-state index is 12.6. The molecule has 0 saturated carbocycles. The Labute approximate surface area is 149 Å². The molecule has 2 unspecified atom stereocenters. The molecule has 5 nitrogen and oxygen atoms in total. The summed E-state index contributed by atoms with van der Waals surface area (Å²) < 4.78 is 5.70. The zero-order valence-electron chi connectivity index (χ0n) is 15.0. The van der Waals surface area contributed by atoms with Gasteiger partial charge in [-0.25, -0.2) is 4.79 Å². The number of urea groups is 1. The van der Waals surface area contributed by atoms with Gasteiger partial charge in [-0.2, -0.15) is 0 Å². The lowest BCUT2D eigenvalue weighted by atomic mass is 10.1. The normalized spacial score (nSPS) is 20.4. The Hall–Kier alpha value is -2.40. The Morgan fingerprint density at radius 2 is 2.00 bits per heavy atom. The molecule has 1 N–H and O–H groups in total. The van der Waals surface area contributed by atoms with Gasteiger partial charge >= 0.3 is 6.03 Å². The first kappa shape index (κ1) is 17.4. The molecular formula is C20H25N3O2. The first-order valence-corrected chi connectivity index (χ1v) is 8.72. The Morgan fingerprint density at radius 1 is 1.24 bits per heavy atom. The van der Waals surface area contributed by atoms with E-state index < -0.39 is 0 Å². The summed E-state index contributed by atoms with van der Waals surface area (Å²) in [6.45, 7) is 7.22. The highest BCUT2D eigenvalue weighted by molar-refractivity contribution is 5.90. The van der Waals surface area contributed by atoms with Crippen LogP contribution in [0.2, 0.25) is 0 Å². The molecule has 3 rings (SSSR count). The molecular weight excluding hydrogens is 314 g/mol. The highest BCUT2D eigenvalue weighted by Crippen LogP contribution is 2.20. The number of hydrogen-bond acceptors (Lipinski definition) is 3. The van der Waals surface area contributed by atoms with E-state index in [1.54, 1.807) is 6.20 Å². The molecule has 2 amide bonds. The number of carbonyl (C=O) groups excluding carboxylic acids is 1. The third kappa shape index (κ3) is 4.57. The number of aromatic nitrogens is 1. The molecule has 0 bridgehead atoms. The van der Waals surface area contributed by atoms with Crippen LogP contribution in [0.5, 0.6) is 0 Å². The van der Waals surface area contributed by atoms with Crippen LogP contribution in [0.3, 0.4) is 0 Å². The number of hydrogen-bond donors (Lipinski definition) is 1. The van der Waals surface area contributed by atoms with Crippen molar-refractivity contribution in [2.75, 3.05) is 18.4 Å². The SMILES string of the molecule is Cc1ccc(Cc2ccccn2)cc1NC(=O)N1CC(C)OC(C)C1. The van der Waals surface area contributed by atoms with Crippen LogP contribution in [0.1, 0.15) is 30.7 Å². The smallest absolute Gasteiger partial charge is 0.322 e. The van der Waals surface area contributed by atoms with Gasteiger partial charge in [0.1, 0.15) is 0 Å². The second kappa shape index (κ2) is 7.66. The average molecular weight is 339 g/mol. The summed E-state index contributed by atoms with van der Waals surface area (Å²) in [5.41, 5.74) is 4.04. The van der Waals surface area contributed by atoms with E-state index in [9.17, 15) is 4.79 Å². The van der Waals surface area contributed by atoms with E-state index in [4.69, 9.17) is 4.74 Å². The van der Waals surface area contributed by atoms with Crippen LogP contribution in [0.15, 0.2) is 42.6 Å². The lowest BCUT2D eigenvalue weighted by Gasteiger charge is -2.35. The van der Waals surface area contributed by atoms with Crippen LogP contribution in [0, 0.1) is 6.92 Å². The summed E-state index contributed by atoms with van der Waals surface area (Å²) in [5.74, 6) is 0. The molecule has 1 fully saturated rings. The molecule has 2 aromatic rings. The van der Waals surface area contributed by atoms with Crippen LogP contribution in [-0.4, -0.2) is 41.2 Å². The second-order valence-corrected chi connectivity index (χ2v) is 6.74. The molecule has 1 saturated heterocycles. The highest BCUT2D eigenvalue weighted by atomic mass is 16.5. The summed E-state index contributed by atoms with van der Waals surface area (Å²) in [6.07, 6.45) is 2.67. The molecule has 1 aliphatic rings. The van der Waals surface area contributed by atoms with Crippen LogP contribution in [0.25, 0.3) is 0 Å². The topological polar surface area (TPSA) is 54.5 Å². The quantitative estimate of drug-likeness (QED) is 0.929. The van der Waals surface area contributed by atoms with Crippen LogP contribution >= 0.6 is 0 Å². The zero-order chi connectivity index (χ0) is 17.8. The maximum Gasteiger partial charge on any atom is 0.322 e. The fourth-order valence-electron chi connectivity index (χ4n) is 3.16. The standard InChI is InChI=1S/C20H25N3O2/c1-14-7-8-17(10-18-6-4-5-9-21-18)11-19(14)22-20(24)23-12-15(2)25-16(3)13-23/h4-9,11,15-16H,10,12-13H2,1-3H3,(H,22,24). The Balaban J connectivity index is 1.71. The molecule has 1 aromatic carbocycles. The fraction of sp³-hybridized carbons (Fsp3) is 0.400. The second-order valence-electron chi connectivity index (χ2n) is 6.74. The summed E-state index contributed by atoms with van der Waals surface area (Å²) >= 11 is 0. The zero-order valence-corrected chi connectivity index (χ0v) is 15.0. The van der Waals surface area contributed by atoms with Crippen molar-refractivity contribution in [1.82, 2.24) is 9.88 Å². The van der Waals surface area contributed by atoms with Gasteiger partial charge in [0.2, 0.25) is 0 Å². The van der Waals surface area contributed by atoms with Crippen molar-refractivity contribution in [3.8, 4) is 0 Å². The number of ether oxygens (including phenoxy) is 1. The predicted molar refractivity (Wildman–Crippen MR) is 98.8 cm³/mol. The minimum Gasteiger partial charge on any atom is -0.372 e. The van der Waals surface area contributed by atoms with Gasteiger partial charge in [0.05, 0.1) is 12.2 Å². The molecule has 2 atom stereocenters. The third-order valence-corrected chi connectivity index (χ3v) is 4.36. The highest BCUT2D eigenvalue weighted by Gasteiger charge is 2.26. The van der Waals surface area contributed by atoms with Crippen molar-refractivity contribution in [1.29, 1.82) is 0 Å². The predicted octanol–water partition coefficient (Wildman–Crippen LogP) is 3.62. The Bertz CT molecular complexity index is 723. The van der Waals surface area contributed by atoms with Crippen LogP contribution < -0.4 is 5.32 Å². The van der Waals surface area contributed by atoms with Crippen molar-refractivity contribution in [3.05, 3.63) is 59.4 Å². The van der Waals surface area contributed by atoms with Crippen molar-refractivity contribution >= 4 is 11.7 Å². The molecule has 1 aliphatic heterocycles. The number of amides is 2. The molecule has 5 heteroatoms. The minimum atomic E-state index is -0.0694. The summed E-state index contributed by atoms with van der Waals surface area (Å²) in [7, 11) is 0.